The third kappa shape index (κ3) is 38.4. The monoisotopic (exact) mass is 2090 g/mol. The lowest BCUT2D eigenvalue weighted by Gasteiger charge is -2.36. The number of halogens is 8. The molecule has 15 rings (SSSR count). The minimum atomic E-state index is -5.83. The number of carbonyl (C=O) groups excluding carboxylic acids is 5. The number of piperidine rings is 4. The molecule has 0 spiro atoms. The zero-order valence-corrected chi connectivity index (χ0v) is 85.3. The molecule has 13 heterocycles. The summed E-state index contributed by atoms with van der Waals surface area (Å²) in [6, 6.07) is 13.4. The Labute approximate surface area is 829 Å². The quantitative estimate of drug-likeness (QED) is 0.0327. The van der Waals surface area contributed by atoms with Crippen molar-refractivity contribution in [3.05, 3.63) is 219 Å². The average Bonchev–Trinajstić information content (AvgIpc) is 1.40. The maximum Gasteiger partial charge on any atom is 0.534 e. The lowest BCUT2D eigenvalue weighted by Crippen LogP contribution is -2.43. The Bertz CT molecular complexity index is 5910. The number of ether oxygens (including phenoxy) is 4. The number of aromatic nitrogens is 14. The predicted molar refractivity (Wildman–Crippen MR) is 508 cm³/mol. The van der Waals surface area contributed by atoms with Gasteiger partial charge in [0.25, 0.3) is 0 Å². The van der Waals surface area contributed by atoms with Gasteiger partial charge in [-0.3, -0.25) is 14.6 Å². The number of benzene rings is 2. The van der Waals surface area contributed by atoms with Gasteiger partial charge in [0.2, 0.25) is 11.8 Å². The van der Waals surface area contributed by atoms with Gasteiger partial charge < -0.3 is 33.3 Å². The highest BCUT2D eigenvalue weighted by molar-refractivity contribution is 7.91. The molecule has 6 aliphatic rings. The van der Waals surface area contributed by atoms with Crippen LogP contribution in [0, 0.1) is 30.2 Å². The summed E-state index contributed by atoms with van der Waals surface area (Å²) in [6.07, 6.45) is 35.2. The molecular formula is C92H118ClF7N20O16S5. The van der Waals surface area contributed by atoms with Crippen molar-refractivity contribution in [2.45, 2.75) is 273 Å². The van der Waals surface area contributed by atoms with Gasteiger partial charge in [0.1, 0.15) is 89.6 Å². The predicted octanol–water partition coefficient (Wildman–Crippen LogP) is 18.4. The molecule has 0 saturated carbocycles. The largest absolute Gasteiger partial charge is 0.534 e. The molecule has 4 saturated heterocycles. The summed E-state index contributed by atoms with van der Waals surface area (Å²) >= 11 is 7.20. The van der Waals surface area contributed by atoms with Crippen LogP contribution in [0.1, 0.15) is 253 Å². The van der Waals surface area contributed by atoms with E-state index >= 15 is 0 Å². The van der Waals surface area contributed by atoms with Gasteiger partial charge in [0.05, 0.1) is 54.8 Å². The Morgan fingerprint density at radius 2 is 0.922 bits per heavy atom. The topological polar surface area (TPSA) is 443 Å². The van der Waals surface area contributed by atoms with Crippen molar-refractivity contribution >= 4 is 100 Å². The third-order valence-corrected chi connectivity index (χ3v) is 26.7. The molecule has 0 unspecified atom stereocenters. The summed E-state index contributed by atoms with van der Waals surface area (Å²) in [5.74, 6) is -5.67. The highest BCUT2D eigenvalue weighted by atomic mass is 35.5. The average molecular weight is 2090 g/mol. The maximum absolute atomic E-state index is 14.8. The van der Waals surface area contributed by atoms with E-state index in [9.17, 15) is 80.0 Å². The van der Waals surface area contributed by atoms with Crippen molar-refractivity contribution in [2.75, 3.05) is 39.3 Å². The van der Waals surface area contributed by atoms with Crippen LogP contribution in [0.4, 0.5) is 49.9 Å². The lowest BCUT2D eigenvalue weighted by molar-refractivity contribution is -0.132. The molecule has 49 heteroatoms. The number of hydrogen-bond acceptors (Lipinski definition) is 34. The molecule has 141 heavy (non-hydrogen) atoms. The number of likely N-dealkylation sites (tertiary alicyclic amines) is 3. The molecule has 0 radical (unpaired) electrons. The summed E-state index contributed by atoms with van der Waals surface area (Å²) < 4.78 is 197. The second-order valence-corrected chi connectivity index (χ2v) is 43.9. The summed E-state index contributed by atoms with van der Waals surface area (Å²) in [5.41, 5.74) is -1.73. The second-order valence-electron chi connectivity index (χ2n) is 36.5. The number of allylic oxidation sites excluding steroid dienone is 2. The molecule has 5 amide bonds. The van der Waals surface area contributed by atoms with Crippen molar-refractivity contribution in [1.82, 2.24) is 99.5 Å². The fourth-order valence-corrected chi connectivity index (χ4v) is 19.2. The molecule has 6 aliphatic heterocycles. The zero-order valence-electron chi connectivity index (χ0n) is 80.5. The molecule has 4 fully saturated rings. The minimum absolute atomic E-state index is 0.00806. The van der Waals surface area contributed by atoms with Crippen molar-refractivity contribution < 1.29 is 103 Å². The molecule has 9 aromatic rings. The normalized spacial score (nSPS) is 17.1. The van der Waals surface area contributed by atoms with Crippen molar-refractivity contribution in [1.29, 1.82) is 0 Å². The first-order valence-electron chi connectivity index (χ1n) is 45.1. The van der Waals surface area contributed by atoms with Crippen LogP contribution in [-0.4, -0.2) is 217 Å². The molecule has 768 valence electrons. The van der Waals surface area contributed by atoms with E-state index in [4.69, 9.17) is 30.5 Å². The lowest BCUT2D eigenvalue weighted by atomic mass is 9.96. The van der Waals surface area contributed by atoms with E-state index in [0.29, 0.717) is 44.5 Å². The van der Waals surface area contributed by atoms with Crippen LogP contribution in [0.2, 0.25) is 0 Å². The van der Waals surface area contributed by atoms with E-state index in [2.05, 4.69) is 84.1 Å². The van der Waals surface area contributed by atoms with Crippen LogP contribution in [0.5, 0.6) is 0 Å². The number of alkyl halides is 4. The summed E-state index contributed by atoms with van der Waals surface area (Å²) in [6.45, 7) is 27.3. The van der Waals surface area contributed by atoms with E-state index in [1.165, 1.54) is 42.4 Å². The number of nitrogens with one attached hydrogen (secondary N) is 1. The molecule has 0 aliphatic carbocycles. The number of carbonyl (C=O) groups is 5. The van der Waals surface area contributed by atoms with E-state index in [-0.39, 0.29) is 70.3 Å². The summed E-state index contributed by atoms with van der Waals surface area (Å²) in [4.78, 5) is 72.8. The van der Waals surface area contributed by atoms with Gasteiger partial charge in [-0.1, -0.05) is 18.9 Å². The first kappa shape index (κ1) is 115. The first-order chi connectivity index (χ1) is 66.4. The number of nitrogens with zero attached hydrogens (tertiary/aromatic N) is 19. The number of rotatable bonds is 15. The standard InChI is InChI=1S/C19H19F2N5O2S2.C14H21N3O2.C14H19N3O2.C11H16F3NO5S.C10H7ClF2N2O2S2.C10H17NO3.C9H13N3.C5H6N2/c20-15-8-18(30(27,28)11-19-22-12-25-29-19)16(21)7-14(15)10-26-6-2-1-3-17(26)13-4-5-23-24-9-13;2*1-14(2,3)19-13(18)17-9-5-4-6-12(17)11-7-8-15-16-10-11;1-10(2,3)19-9(16)15-7-5-4-6-8(15)20-21(17,18)11(12,13)14;11-3-6-1-8(13)9(2-7(6)12)19(16,17)4-10-14-5-15-18-10;1-10(2,3)14-9(13)11-7-5-4-6-8(11)12;1-2-5-10-9(3-1)8-4-6-11-12-7-8;1-5-2-3-6-7-4-5/h4-5,7-9,12,17H,1-3,6,10-11H2;7-8,10,12H,4-6,9H2,1-3H3;6-8,10H,4-5,9H2,1-3H3;6H,4-5,7H2,1-3H3;1-2,5H,3-4H2;4-7H2,1-3H3;4,6-7,9-10H,1-3,5H2;2-4H,1H3/t17-;12-;;;;;9-;/m11....1./s1. The summed E-state index contributed by atoms with van der Waals surface area (Å²) in [7, 11) is -13.9. The third-order valence-electron chi connectivity index (χ3n) is 20.5. The fourth-order valence-electron chi connectivity index (χ4n) is 14.1. The highest BCUT2D eigenvalue weighted by Gasteiger charge is 2.50. The van der Waals surface area contributed by atoms with Crippen molar-refractivity contribution in [3.63, 3.8) is 0 Å². The number of imide groups is 1. The van der Waals surface area contributed by atoms with Gasteiger partial charge >= 0.3 is 40.0 Å². The smallest absolute Gasteiger partial charge is 0.444 e. The molecule has 3 atom stereocenters. The number of hydrogen-bond donors (Lipinski definition) is 1. The van der Waals surface area contributed by atoms with Gasteiger partial charge in [0.15, 0.2) is 19.7 Å². The number of amides is 5. The molecular weight excluding hydrogens is 1970 g/mol. The van der Waals surface area contributed by atoms with E-state index in [0.717, 1.165) is 164 Å². The van der Waals surface area contributed by atoms with Crippen molar-refractivity contribution in [2.24, 2.45) is 0 Å². The van der Waals surface area contributed by atoms with Crippen molar-refractivity contribution in [3.8, 4) is 0 Å². The van der Waals surface area contributed by atoms with Gasteiger partial charge in [-0.05, 0) is 293 Å². The highest BCUT2D eigenvalue weighted by Crippen LogP contribution is 2.37. The van der Waals surface area contributed by atoms with Crippen LogP contribution >= 0.6 is 34.7 Å². The second kappa shape index (κ2) is 53.6. The van der Waals surface area contributed by atoms with Crippen LogP contribution in [0.15, 0.2) is 157 Å². The molecule has 36 nitrogen and oxygen atoms in total. The Kier molecular flexibility index (Phi) is 43.6. The van der Waals surface area contributed by atoms with Gasteiger partial charge in [-0.25, -0.2) is 73.3 Å². The Morgan fingerprint density at radius 1 is 0.475 bits per heavy atom. The Hall–Kier alpha value is -11.4. The van der Waals surface area contributed by atoms with Crippen LogP contribution in [0.25, 0.3) is 5.70 Å². The zero-order chi connectivity index (χ0) is 104. The Morgan fingerprint density at radius 3 is 1.38 bits per heavy atom. The molecule has 7 aromatic heterocycles. The van der Waals surface area contributed by atoms with Crippen LogP contribution in [-0.2, 0) is 81.6 Å². The van der Waals surface area contributed by atoms with Gasteiger partial charge in [-0.15, -0.1) is 11.6 Å². The minimum Gasteiger partial charge on any atom is -0.444 e. The van der Waals surface area contributed by atoms with Gasteiger partial charge in [0, 0.05) is 92.7 Å². The number of aryl methyl sites for hydroxylation is 1. The van der Waals surface area contributed by atoms with Crippen LogP contribution < -0.4 is 5.32 Å². The van der Waals surface area contributed by atoms with Gasteiger partial charge in [-0.2, -0.15) is 81.3 Å². The number of sulfone groups is 2. The molecule has 0 bridgehead atoms. The SMILES string of the molecule is CC(C)(C)OC(=O)N1CCCC=C1OS(=O)(=O)C(F)(F)F.CC(C)(C)OC(=O)N1CCCC=C1c1ccnnc1.CC(C)(C)OC(=O)N1CCCCC1=O.CC(C)(C)OC(=O)N1CCCC[C@@H]1c1ccnnc1.Cc1ccnnc1.O=S(=O)(Cc1ncns1)c1cc(F)c(CCl)cc1F.O=S(=O)(Cc1ncns1)c1cc(F)c(CN2CCCC[C@@H]2c2ccnnc2)cc1F.c1cc([C@H]2CCCCN2)cnn1. The van der Waals surface area contributed by atoms with E-state index in [1.54, 1.807) is 102 Å². The maximum atomic E-state index is 14.8. The Balaban J connectivity index is 0.000000202. The van der Waals surface area contributed by atoms with Crippen LogP contribution in [0.3, 0.4) is 0 Å². The molecule has 1 N–H and O–H groups in total. The first-order valence-corrected chi connectivity index (χ1v) is 51.9. The molecule has 2 aromatic carbocycles. The fraction of sp³-hybridized carbons (Fsp3) is 0.511. The van der Waals surface area contributed by atoms with E-state index in [1.807, 2.05) is 96.0 Å². The van der Waals surface area contributed by atoms with E-state index < -0.39 is 120 Å². The summed E-state index contributed by atoms with van der Waals surface area (Å²) in [5, 5.41) is 41.8.